The van der Waals surface area contributed by atoms with E-state index < -0.39 is 51.0 Å². The third-order valence-corrected chi connectivity index (χ3v) is 13.6. The number of H-pyrrole nitrogens is 2. The number of aliphatic carboxylic acids is 2. The van der Waals surface area contributed by atoms with Gasteiger partial charge in [-0.3, -0.25) is 4.79 Å². The standard InChI is InChI=1S/C24H18F3NO4S.C20H14N4.C13H18O2/c1-14-11-15(2)13-16(12-14)21-17-7-3-6-10-20(17)33(31,32)28(22(21)23(29)30)19-9-5-4-8-18(19)24(25,26)27;1-2-14-10-16-5-6-18(23-16)12-20-8-7-19(24-20)11-17-4-3-15(22-17)9-13(1)21-14;1-9(2)8-11-4-6-12(7-5-11)10(3)13(14)15/h3-13H,1-2H3,(H,29,30);1-12,21-22H;4-7,9-10H,8H2,1-3H3,(H,14,15). The molecule has 6 heterocycles. The van der Waals surface area contributed by atoms with Gasteiger partial charge >= 0.3 is 18.1 Å². The summed E-state index contributed by atoms with van der Waals surface area (Å²) in [4.78, 5) is 39.0. The van der Waals surface area contributed by atoms with Gasteiger partial charge in [0, 0.05) is 33.2 Å². The fraction of sp³-hybridized carbons (Fsp3) is 0.158. The van der Waals surface area contributed by atoms with Gasteiger partial charge in [0.25, 0.3) is 10.0 Å². The van der Waals surface area contributed by atoms with Gasteiger partial charge in [0.15, 0.2) is 5.70 Å². The summed E-state index contributed by atoms with van der Waals surface area (Å²) in [5.74, 6) is -2.23. The molecule has 0 amide bonds. The molecule has 10 rings (SSSR count). The first-order chi connectivity index (χ1) is 34.2. The number of fused-ring (bicyclic) bond motifs is 9. The second-order valence-corrected chi connectivity index (χ2v) is 19.7. The van der Waals surface area contributed by atoms with Crippen LogP contribution in [0.5, 0.6) is 0 Å². The molecule has 0 fully saturated rings. The Labute approximate surface area is 414 Å². The number of carboxylic acids is 2. The van der Waals surface area contributed by atoms with Gasteiger partial charge in [-0.25, -0.2) is 27.5 Å². The molecule has 0 spiro atoms. The van der Waals surface area contributed by atoms with E-state index in [1.165, 1.54) is 29.8 Å². The van der Waals surface area contributed by atoms with Crippen molar-refractivity contribution in [1.29, 1.82) is 0 Å². The van der Waals surface area contributed by atoms with Crippen LogP contribution in [0.4, 0.5) is 18.9 Å². The number of nitrogens with zero attached hydrogens (tertiary/aromatic N) is 3. The molecule has 3 aromatic heterocycles. The van der Waals surface area contributed by atoms with E-state index in [-0.39, 0.29) is 16.0 Å². The number of rotatable bonds is 7. The lowest BCUT2D eigenvalue weighted by Gasteiger charge is -2.34. The average Bonchev–Trinajstić information content (AvgIpc) is 4.16. The molecule has 3 aliphatic heterocycles. The maximum atomic E-state index is 13.8. The van der Waals surface area contributed by atoms with Crippen molar-refractivity contribution in [2.75, 3.05) is 4.31 Å². The van der Waals surface area contributed by atoms with Crippen molar-refractivity contribution in [2.24, 2.45) is 5.92 Å². The number of carbonyl (C=O) groups is 2. The number of para-hydroxylation sites is 1. The van der Waals surface area contributed by atoms with E-state index in [1.54, 1.807) is 39.0 Å². The molecule has 0 saturated heterocycles. The van der Waals surface area contributed by atoms with Gasteiger partial charge in [-0.1, -0.05) is 97.8 Å². The topological polar surface area (TPSA) is 169 Å². The highest BCUT2D eigenvalue weighted by molar-refractivity contribution is 7.93. The minimum absolute atomic E-state index is 0.0247. The van der Waals surface area contributed by atoms with Crippen LogP contribution in [0.2, 0.25) is 0 Å². The smallest absolute Gasteiger partial charge is 0.418 e. The van der Waals surface area contributed by atoms with Crippen LogP contribution in [0.15, 0.2) is 150 Å². The number of alkyl halides is 3. The Balaban J connectivity index is 0.000000155. The Bertz CT molecular complexity index is 3500. The molecule has 7 aromatic rings. The van der Waals surface area contributed by atoms with Crippen LogP contribution in [-0.4, -0.2) is 50.5 Å². The van der Waals surface area contributed by atoms with Crippen molar-refractivity contribution >= 4 is 79.6 Å². The van der Waals surface area contributed by atoms with Gasteiger partial charge in [0.1, 0.15) is 0 Å². The molecule has 1 unspecified atom stereocenters. The molecule has 4 N–H and O–H groups in total. The number of aryl methyl sites for hydroxylation is 2. The van der Waals surface area contributed by atoms with Crippen molar-refractivity contribution in [3.05, 3.63) is 207 Å². The average molecular weight is 990 g/mol. The molecule has 0 aliphatic carbocycles. The van der Waals surface area contributed by atoms with Crippen LogP contribution in [0.25, 0.3) is 51.9 Å². The van der Waals surface area contributed by atoms with Crippen molar-refractivity contribution in [3.63, 3.8) is 0 Å². The maximum absolute atomic E-state index is 13.8. The highest BCUT2D eigenvalue weighted by atomic mass is 32.2. The van der Waals surface area contributed by atoms with Crippen LogP contribution in [0, 0.1) is 19.8 Å². The van der Waals surface area contributed by atoms with E-state index in [4.69, 9.17) is 5.11 Å². The Morgan fingerprint density at radius 3 is 1.65 bits per heavy atom. The van der Waals surface area contributed by atoms with E-state index >= 15 is 0 Å². The molecule has 3 aliphatic rings. The third kappa shape index (κ3) is 11.3. The SMILES string of the molecule is C1=Cc2cc3ccc(cc4ccc(cc5nc(cc1n2)C=C5)[nH]4)[nH]3.CC(C)Cc1ccc(C(C)C(=O)O)cc1.Cc1cc(C)cc(C2=C(C(=O)O)N(c3ccccc3C(F)(F)F)S(=O)(=O)c3ccccc32)c1. The summed E-state index contributed by atoms with van der Waals surface area (Å²) in [6.45, 7) is 9.64. The summed E-state index contributed by atoms with van der Waals surface area (Å²) in [7, 11) is -4.68. The molecule has 4 aromatic carbocycles. The summed E-state index contributed by atoms with van der Waals surface area (Å²) in [6.07, 6.45) is 4.18. The zero-order valence-electron chi connectivity index (χ0n) is 39.9. The normalized spacial score (nSPS) is 13.9. The number of anilines is 1. The fourth-order valence-electron chi connectivity index (χ4n) is 8.59. The molecule has 366 valence electrons. The molecule has 72 heavy (non-hydrogen) atoms. The van der Waals surface area contributed by atoms with E-state index in [2.05, 4.69) is 64.1 Å². The molecule has 0 saturated carbocycles. The first-order valence-electron chi connectivity index (χ1n) is 23.0. The summed E-state index contributed by atoms with van der Waals surface area (Å²) >= 11 is 0. The quantitative estimate of drug-likeness (QED) is 0.122. The van der Waals surface area contributed by atoms with Crippen molar-refractivity contribution in [2.45, 2.75) is 58.0 Å². The number of sulfonamides is 1. The number of carboxylic acid groups (broad SMARTS) is 2. The van der Waals surface area contributed by atoms with Crippen LogP contribution < -0.4 is 4.31 Å². The predicted octanol–water partition coefficient (Wildman–Crippen LogP) is 13.1. The number of halogens is 3. The summed E-state index contributed by atoms with van der Waals surface area (Å²) in [5, 5.41) is 19.0. The van der Waals surface area contributed by atoms with Crippen molar-refractivity contribution < 1.29 is 41.4 Å². The Morgan fingerprint density at radius 1 is 0.639 bits per heavy atom. The molecule has 15 heteroatoms. The lowest BCUT2D eigenvalue weighted by Crippen LogP contribution is -2.39. The van der Waals surface area contributed by atoms with Crippen LogP contribution in [0.3, 0.4) is 0 Å². The monoisotopic (exact) mass is 989 g/mol. The number of nitrogens with one attached hydrogen (secondary N) is 2. The van der Waals surface area contributed by atoms with Crippen LogP contribution in [0.1, 0.15) is 88.4 Å². The van der Waals surface area contributed by atoms with Crippen molar-refractivity contribution in [1.82, 2.24) is 19.9 Å². The van der Waals surface area contributed by atoms with Crippen LogP contribution >= 0.6 is 0 Å². The second-order valence-electron chi connectivity index (χ2n) is 18.0. The summed E-state index contributed by atoms with van der Waals surface area (Å²) in [5.41, 5.74) is 9.30. The molecule has 0 radical (unpaired) electrons. The van der Waals surface area contributed by atoms with Gasteiger partial charge in [-0.05, 0) is 141 Å². The van der Waals surface area contributed by atoms with E-state index in [0.717, 1.165) is 86.2 Å². The lowest BCUT2D eigenvalue weighted by atomic mass is 9.92. The fourth-order valence-corrected chi connectivity index (χ4v) is 10.3. The minimum Gasteiger partial charge on any atom is -0.481 e. The van der Waals surface area contributed by atoms with Gasteiger partial charge in [-0.2, -0.15) is 13.2 Å². The van der Waals surface area contributed by atoms with E-state index in [9.17, 15) is 36.3 Å². The number of benzene rings is 4. The molecule has 8 bridgehead atoms. The number of hydrogen-bond acceptors (Lipinski definition) is 6. The zero-order chi connectivity index (χ0) is 51.5. The molecular formula is C57H50F3N5O6S. The van der Waals surface area contributed by atoms with E-state index in [1.807, 2.05) is 72.8 Å². The Morgan fingerprint density at radius 2 is 1.14 bits per heavy atom. The Kier molecular flexibility index (Phi) is 14.3. The van der Waals surface area contributed by atoms with Gasteiger partial charge in [-0.15, -0.1) is 0 Å². The van der Waals surface area contributed by atoms with E-state index in [0.29, 0.717) is 15.8 Å². The molecular weight excluding hydrogens is 940 g/mol. The van der Waals surface area contributed by atoms with Gasteiger partial charge in [0.05, 0.1) is 44.8 Å². The predicted molar refractivity (Wildman–Crippen MR) is 277 cm³/mol. The summed E-state index contributed by atoms with van der Waals surface area (Å²) < 4.78 is 68.9. The van der Waals surface area contributed by atoms with Crippen molar-refractivity contribution in [3.8, 4) is 0 Å². The zero-order valence-corrected chi connectivity index (χ0v) is 40.7. The Hall–Kier alpha value is -8.30. The number of aromatic nitrogens is 4. The van der Waals surface area contributed by atoms with Crippen LogP contribution in [-0.2, 0) is 32.2 Å². The number of aromatic amines is 2. The molecule has 11 nitrogen and oxygen atoms in total. The maximum Gasteiger partial charge on any atom is 0.418 e. The third-order valence-electron chi connectivity index (χ3n) is 11.8. The summed E-state index contributed by atoms with van der Waals surface area (Å²) in [6, 6.07) is 39.2. The lowest BCUT2D eigenvalue weighted by molar-refractivity contribution is -0.138. The highest BCUT2D eigenvalue weighted by Crippen LogP contribution is 2.46. The van der Waals surface area contributed by atoms with Gasteiger partial charge < -0.3 is 20.2 Å². The van der Waals surface area contributed by atoms with Gasteiger partial charge in [0.2, 0.25) is 0 Å². The second kappa shape index (κ2) is 20.6. The largest absolute Gasteiger partial charge is 0.481 e. The minimum atomic E-state index is -4.91. The number of hydrogen-bond donors (Lipinski definition) is 4. The highest BCUT2D eigenvalue weighted by Gasteiger charge is 2.45. The first kappa shape index (κ1) is 50.1. The molecule has 1 atom stereocenters. The first-order valence-corrected chi connectivity index (χ1v) is 24.4.